The molecular formula is C44H54ClFN8O5S. The lowest BCUT2D eigenvalue weighted by Crippen LogP contribution is -2.53. The summed E-state index contributed by atoms with van der Waals surface area (Å²) < 4.78 is 47.6. The summed E-state index contributed by atoms with van der Waals surface area (Å²) in [5.41, 5.74) is 4.48. The minimum absolute atomic E-state index is 0.0931. The van der Waals surface area contributed by atoms with E-state index in [0.717, 1.165) is 68.9 Å². The third kappa shape index (κ3) is 9.86. The summed E-state index contributed by atoms with van der Waals surface area (Å²) in [6.45, 7) is 15.5. The number of benzene rings is 3. The smallest absolute Gasteiger partial charge is 0.234 e. The van der Waals surface area contributed by atoms with E-state index in [1.54, 1.807) is 44.2 Å². The molecule has 1 atom stereocenters. The molecule has 3 aromatic carbocycles. The molecule has 3 aliphatic heterocycles. The minimum Gasteiger partial charge on any atom is -0.489 e. The van der Waals surface area contributed by atoms with Crippen molar-refractivity contribution in [3.8, 4) is 5.75 Å². The van der Waals surface area contributed by atoms with Crippen LogP contribution in [-0.4, -0.2) is 96.7 Å². The lowest BCUT2D eigenvalue weighted by molar-refractivity contribution is -0.134. The maximum absolute atomic E-state index is 15.1. The molecule has 3 N–H and O–H groups in total. The van der Waals surface area contributed by atoms with E-state index in [-0.39, 0.29) is 40.1 Å². The van der Waals surface area contributed by atoms with E-state index < -0.39 is 32.7 Å². The summed E-state index contributed by atoms with van der Waals surface area (Å²) in [6, 6.07) is 16.4. The van der Waals surface area contributed by atoms with Crippen LogP contribution in [0.4, 0.5) is 33.2 Å². The number of halogens is 2. The number of nitrogens with one attached hydrogen (secondary N) is 3. The Morgan fingerprint density at radius 3 is 2.35 bits per heavy atom. The molecule has 3 aliphatic rings. The number of carbonyl (C=O) groups excluding carboxylic acids is 2. The summed E-state index contributed by atoms with van der Waals surface area (Å²) >= 11 is 6.51. The Hall–Kier alpha value is -4.83. The van der Waals surface area contributed by atoms with Crippen molar-refractivity contribution in [2.24, 2.45) is 0 Å². The fourth-order valence-corrected chi connectivity index (χ4v) is 9.60. The highest BCUT2D eigenvalue weighted by Gasteiger charge is 2.32. The van der Waals surface area contributed by atoms with Crippen LogP contribution in [0.5, 0.6) is 5.75 Å². The molecule has 320 valence electrons. The van der Waals surface area contributed by atoms with Gasteiger partial charge in [0, 0.05) is 75.6 Å². The largest absolute Gasteiger partial charge is 0.489 e. The molecule has 1 aromatic heterocycles. The average Bonchev–Trinajstić information content (AvgIpc) is 3.21. The third-order valence-corrected chi connectivity index (χ3v) is 14.0. The van der Waals surface area contributed by atoms with Crippen molar-refractivity contribution in [1.29, 1.82) is 0 Å². The zero-order valence-corrected chi connectivity index (χ0v) is 36.4. The first-order valence-corrected chi connectivity index (χ1v) is 22.6. The molecule has 0 spiro atoms. The van der Waals surface area contributed by atoms with Gasteiger partial charge < -0.3 is 20.3 Å². The fourth-order valence-electron chi connectivity index (χ4n) is 8.26. The standard InChI is InChI=1S/C44H54ClFN8O5S/c1-27(2)59-39-24-38(29(5)22-37(39)49-44-47-25-34(45)42(51-44)48-36-8-6-7-9-40(36)60(57,58)28(3)4)54-16-14-31(15-17-54)53-20-18-52(19-21-53)26-30-10-11-32(35(46)23-30)33-12-13-41(55)50-43(33)56/h6-11,22-25,27-28,31,33H,12-21,26H2,1-5H3,(H,50,55,56)(H2,47,48,49,51). The van der Waals surface area contributed by atoms with Gasteiger partial charge in [-0.15, -0.1) is 0 Å². The van der Waals surface area contributed by atoms with Gasteiger partial charge in [0.2, 0.25) is 17.8 Å². The molecule has 4 heterocycles. The molecule has 0 saturated carbocycles. The lowest BCUT2D eigenvalue weighted by atomic mass is 9.89. The second kappa shape index (κ2) is 18.4. The van der Waals surface area contributed by atoms with Crippen LogP contribution < -0.4 is 25.6 Å². The lowest BCUT2D eigenvalue weighted by Gasteiger charge is -2.43. The maximum Gasteiger partial charge on any atom is 0.234 e. The Labute approximate surface area is 357 Å². The van der Waals surface area contributed by atoms with Gasteiger partial charge in [-0.2, -0.15) is 4.98 Å². The van der Waals surface area contributed by atoms with E-state index in [1.807, 2.05) is 26.0 Å². The molecule has 0 aliphatic carbocycles. The first-order valence-electron chi connectivity index (χ1n) is 20.7. The molecule has 13 nitrogen and oxygen atoms in total. The Bertz CT molecular complexity index is 2330. The van der Waals surface area contributed by atoms with Crippen LogP contribution in [0.2, 0.25) is 5.02 Å². The molecule has 0 bridgehead atoms. The van der Waals surface area contributed by atoms with Crippen LogP contribution in [0, 0.1) is 12.7 Å². The van der Waals surface area contributed by atoms with Crippen LogP contribution in [0.25, 0.3) is 0 Å². The summed E-state index contributed by atoms with van der Waals surface area (Å²) in [5, 5.41) is 8.39. The number of rotatable bonds is 13. The molecule has 16 heteroatoms. The highest BCUT2D eigenvalue weighted by molar-refractivity contribution is 7.92. The SMILES string of the molecule is Cc1cc(Nc2ncc(Cl)c(Nc3ccccc3S(=O)(=O)C(C)C)n2)c(OC(C)C)cc1N1CCC(N2CCN(Cc3ccc(C4CCC(=O)NC4=O)c(F)c3)CC2)CC1. The number of aryl methyl sites for hydroxylation is 1. The zero-order chi connectivity index (χ0) is 42.7. The van der Waals surface area contributed by atoms with Crippen LogP contribution in [-0.2, 0) is 26.0 Å². The van der Waals surface area contributed by atoms with Gasteiger partial charge in [-0.3, -0.25) is 24.7 Å². The van der Waals surface area contributed by atoms with Crippen molar-refractivity contribution >= 4 is 62.1 Å². The number of aromatic nitrogens is 2. The minimum atomic E-state index is -3.58. The quantitative estimate of drug-likeness (QED) is 0.116. The van der Waals surface area contributed by atoms with Crippen LogP contribution >= 0.6 is 11.6 Å². The molecular weight excluding hydrogens is 807 g/mol. The van der Waals surface area contributed by atoms with Gasteiger partial charge in [0.25, 0.3) is 0 Å². The van der Waals surface area contributed by atoms with Gasteiger partial charge in [-0.25, -0.2) is 17.8 Å². The number of imide groups is 1. The topological polar surface area (TPSA) is 149 Å². The molecule has 1 unspecified atom stereocenters. The first-order chi connectivity index (χ1) is 28.7. The molecule has 0 radical (unpaired) electrons. The number of ether oxygens (including phenoxy) is 1. The van der Waals surface area contributed by atoms with Crippen molar-refractivity contribution in [1.82, 2.24) is 25.1 Å². The Kier molecular flexibility index (Phi) is 13.3. The van der Waals surface area contributed by atoms with Gasteiger partial charge in [0.05, 0.1) is 39.7 Å². The summed E-state index contributed by atoms with van der Waals surface area (Å²) in [7, 11) is -3.58. The second-order valence-electron chi connectivity index (χ2n) is 16.4. The van der Waals surface area contributed by atoms with Crippen LogP contribution in [0.15, 0.2) is 65.7 Å². The number of nitrogens with zero attached hydrogens (tertiary/aromatic N) is 5. The molecule has 3 fully saturated rings. The summed E-state index contributed by atoms with van der Waals surface area (Å²) in [6.07, 6.45) is 3.99. The van der Waals surface area contributed by atoms with Crippen molar-refractivity contribution in [3.63, 3.8) is 0 Å². The number of anilines is 5. The van der Waals surface area contributed by atoms with Gasteiger partial charge >= 0.3 is 0 Å². The second-order valence-corrected chi connectivity index (χ2v) is 19.3. The highest BCUT2D eigenvalue weighted by Crippen LogP contribution is 2.38. The van der Waals surface area contributed by atoms with Gasteiger partial charge in [0.15, 0.2) is 15.7 Å². The van der Waals surface area contributed by atoms with E-state index in [9.17, 15) is 18.0 Å². The number of para-hydroxylation sites is 1. The molecule has 3 saturated heterocycles. The Balaban J connectivity index is 0.962. The van der Waals surface area contributed by atoms with Crippen LogP contribution in [0.1, 0.15) is 76.0 Å². The number of carbonyl (C=O) groups is 2. The Morgan fingerprint density at radius 1 is 0.933 bits per heavy atom. The number of hydrogen-bond donors (Lipinski definition) is 3. The highest BCUT2D eigenvalue weighted by atomic mass is 35.5. The normalized spacial score (nSPS) is 18.6. The number of sulfone groups is 1. The summed E-state index contributed by atoms with van der Waals surface area (Å²) in [4.78, 5) is 40.4. The van der Waals surface area contributed by atoms with Crippen molar-refractivity contribution in [2.75, 3.05) is 54.8 Å². The van der Waals surface area contributed by atoms with Crippen molar-refractivity contribution in [3.05, 3.63) is 88.3 Å². The number of piperidine rings is 2. The predicted molar refractivity (Wildman–Crippen MR) is 233 cm³/mol. The van der Waals surface area contributed by atoms with Crippen molar-refractivity contribution in [2.45, 2.75) is 95.1 Å². The van der Waals surface area contributed by atoms with E-state index in [0.29, 0.717) is 41.7 Å². The van der Waals surface area contributed by atoms with Gasteiger partial charge in [-0.1, -0.05) is 35.9 Å². The maximum atomic E-state index is 15.1. The van der Waals surface area contributed by atoms with Gasteiger partial charge in [0.1, 0.15) is 16.6 Å². The average molecular weight is 861 g/mol. The molecule has 4 aromatic rings. The zero-order valence-electron chi connectivity index (χ0n) is 34.8. The first kappa shape index (κ1) is 43.3. The number of piperazine rings is 1. The third-order valence-electron chi connectivity index (χ3n) is 11.5. The van der Waals surface area contributed by atoms with E-state index in [2.05, 4.69) is 53.6 Å². The molecule has 60 heavy (non-hydrogen) atoms. The summed E-state index contributed by atoms with van der Waals surface area (Å²) in [5.74, 6) is -0.566. The van der Waals surface area contributed by atoms with Crippen molar-refractivity contribution < 1.29 is 27.1 Å². The molecule has 7 rings (SSSR count). The molecule has 2 amide bonds. The van der Waals surface area contributed by atoms with Gasteiger partial charge in [-0.05, 0) is 89.3 Å². The monoisotopic (exact) mass is 860 g/mol. The van der Waals surface area contributed by atoms with E-state index in [1.165, 1.54) is 12.3 Å². The fraction of sp³-hybridized carbons (Fsp3) is 0.455. The Morgan fingerprint density at radius 2 is 1.67 bits per heavy atom. The van der Waals surface area contributed by atoms with E-state index in [4.69, 9.17) is 16.3 Å². The van der Waals surface area contributed by atoms with E-state index >= 15 is 4.39 Å². The predicted octanol–water partition coefficient (Wildman–Crippen LogP) is 7.34. The number of hydrogen-bond acceptors (Lipinski definition) is 12. The van der Waals surface area contributed by atoms with Crippen LogP contribution in [0.3, 0.4) is 0 Å². The number of amides is 2.